The second-order valence-corrected chi connectivity index (χ2v) is 9.70. The van der Waals surface area contributed by atoms with Crippen LogP contribution in [0.1, 0.15) is 49.8 Å². The SMILES string of the molecule is CC(=O)N[C@@H](Cc1cc(F)cc(F)c1)[C@H](O)CN[C@H]1CC2(CCC2)Oc2ncc(-n3cccn3)cc21. The Kier molecular flexibility index (Phi) is 6.72. The molecule has 0 unspecified atom stereocenters. The van der Waals surface area contributed by atoms with Crippen LogP contribution in [0.4, 0.5) is 8.78 Å². The normalized spacial score (nSPS) is 19.6. The van der Waals surface area contributed by atoms with E-state index in [9.17, 15) is 18.7 Å². The van der Waals surface area contributed by atoms with Crippen LogP contribution in [-0.4, -0.2) is 50.1 Å². The second kappa shape index (κ2) is 9.94. The summed E-state index contributed by atoms with van der Waals surface area (Å²) in [4.78, 5) is 16.4. The number of ether oxygens (including phenoxy) is 1. The van der Waals surface area contributed by atoms with Gasteiger partial charge in [-0.05, 0) is 55.5 Å². The summed E-state index contributed by atoms with van der Waals surface area (Å²) in [5.74, 6) is -1.18. The number of aromatic nitrogens is 3. The van der Waals surface area contributed by atoms with Crippen molar-refractivity contribution in [2.45, 2.75) is 62.8 Å². The quantitative estimate of drug-likeness (QED) is 0.442. The highest BCUT2D eigenvalue weighted by atomic mass is 19.1. The number of halogens is 2. The average Bonchev–Trinajstić information content (AvgIpc) is 3.34. The van der Waals surface area contributed by atoms with Gasteiger partial charge in [0.05, 0.1) is 24.0 Å². The molecule has 1 aliphatic carbocycles. The van der Waals surface area contributed by atoms with Crippen LogP contribution in [0.5, 0.6) is 5.88 Å². The molecule has 1 spiro atoms. The Hall–Kier alpha value is -3.37. The summed E-state index contributed by atoms with van der Waals surface area (Å²) in [5.41, 5.74) is 1.74. The third-order valence-electron chi connectivity index (χ3n) is 6.97. The number of hydrogen-bond acceptors (Lipinski definition) is 6. The number of carbonyl (C=O) groups is 1. The van der Waals surface area contributed by atoms with E-state index < -0.39 is 23.8 Å². The third-order valence-corrected chi connectivity index (χ3v) is 6.97. The van der Waals surface area contributed by atoms with Gasteiger partial charge in [-0.2, -0.15) is 5.10 Å². The van der Waals surface area contributed by atoms with E-state index in [4.69, 9.17) is 4.74 Å². The molecule has 2 aliphatic rings. The molecule has 5 rings (SSSR count). The molecule has 0 saturated heterocycles. The molecule has 3 heterocycles. The highest BCUT2D eigenvalue weighted by Crippen LogP contribution is 2.48. The fraction of sp³-hybridized carbons (Fsp3) is 0.423. The van der Waals surface area contributed by atoms with E-state index in [1.165, 1.54) is 19.1 Å². The zero-order valence-corrected chi connectivity index (χ0v) is 20.0. The van der Waals surface area contributed by atoms with Gasteiger partial charge < -0.3 is 20.5 Å². The van der Waals surface area contributed by atoms with Crippen molar-refractivity contribution in [1.29, 1.82) is 0 Å². The highest BCUT2D eigenvalue weighted by molar-refractivity contribution is 5.73. The van der Waals surface area contributed by atoms with Crippen molar-refractivity contribution in [2.24, 2.45) is 0 Å². The number of pyridine rings is 1. The molecule has 0 bridgehead atoms. The molecule has 1 saturated carbocycles. The summed E-state index contributed by atoms with van der Waals surface area (Å²) in [6, 6.07) is 6.13. The van der Waals surface area contributed by atoms with Crippen LogP contribution in [-0.2, 0) is 11.2 Å². The van der Waals surface area contributed by atoms with Crippen LogP contribution < -0.4 is 15.4 Å². The van der Waals surface area contributed by atoms with Crippen molar-refractivity contribution >= 4 is 5.91 Å². The number of carbonyl (C=O) groups excluding carboxylic acids is 1. The summed E-state index contributed by atoms with van der Waals surface area (Å²) < 4.78 is 35.4. The number of amides is 1. The lowest BCUT2D eigenvalue weighted by Crippen LogP contribution is -2.52. The van der Waals surface area contributed by atoms with Gasteiger partial charge in [0.2, 0.25) is 11.8 Å². The molecule has 1 aliphatic heterocycles. The average molecular weight is 498 g/mol. The monoisotopic (exact) mass is 497 g/mol. The summed E-state index contributed by atoms with van der Waals surface area (Å²) in [5, 5.41) is 21.4. The fourth-order valence-electron chi connectivity index (χ4n) is 5.06. The van der Waals surface area contributed by atoms with Crippen molar-refractivity contribution in [3.8, 4) is 11.6 Å². The second-order valence-electron chi connectivity index (χ2n) is 9.70. The van der Waals surface area contributed by atoms with Crippen LogP contribution >= 0.6 is 0 Å². The lowest BCUT2D eigenvalue weighted by molar-refractivity contribution is -0.120. The van der Waals surface area contributed by atoms with Gasteiger partial charge in [0.1, 0.15) is 17.2 Å². The smallest absolute Gasteiger partial charge is 0.218 e. The molecule has 1 amide bonds. The number of nitrogens with one attached hydrogen (secondary N) is 2. The van der Waals surface area contributed by atoms with E-state index in [1.54, 1.807) is 17.1 Å². The van der Waals surface area contributed by atoms with Gasteiger partial charge in [-0.15, -0.1) is 0 Å². The zero-order chi connectivity index (χ0) is 25.3. The number of hydrogen-bond donors (Lipinski definition) is 3. The van der Waals surface area contributed by atoms with Gasteiger partial charge in [-0.1, -0.05) is 0 Å². The Morgan fingerprint density at radius 1 is 1.28 bits per heavy atom. The Balaban J connectivity index is 1.34. The van der Waals surface area contributed by atoms with Crippen molar-refractivity contribution in [3.63, 3.8) is 0 Å². The van der Waals surface area contributed by atoms with Gasteiger partial charge in [0.25, 0.3) is 0 Å². The Bertz CT molecular complexity index is 1210. The van der Waals surface area contributed by atoms with E-state index in [0.29, 0.717) is 11.4 Å². The van der Waals surface area contributed by atoms with E-state index in [0.717, 1.165) is 43.0 Å². The first kappa shape index (κ1) is 24.3. The third kappa shape index (κ3) is 5.24. The van der Waals surface area contributed by atoms with Gasteiger partial charge in [0.15, 0.2) is 0 Å². The molecule has 8 nitrogen and oxygen atoms in total. The molecule has 36 heavy (non-hydrogen) atoms. The molecule has 1 fully saturated rings. The van der Waals surface area contributed by atoms with E-state index >= 15 is 0 Å². The fourth-order valence-corrected chi connectivity index (χ4v) is 5.06. The lowest BCUT2D eigenvalue weighted by atomic mass is 9.73. The molecule has 3 aromatic rings. The number of rotatable bonds is 8. The molecular formula is C26H29F2N5O3. The first-order valence-corrected chi connectivity index (χ1v) is 12.1. The maximum atomic E-state index is 13.7. The number of aliphatic hydroxyl groups excluding tert-OH is 1. The first-order chi connectivity index (χ1) is 17.3. The molecule has 190 valence electrons. The van der Waals surface area contributed by atoms with E-state index in [-0.39, 0.29) is 30.5 Å². The predicted octanol–water partition coefficient (Wildman–Crippen LogP) is 2.99. The minimum absolute atomic E-state index is 0.0798. The number of benzene rings is 1. The maximum absolute atomic E-state index is 13.7. The largest absolute Gasteiger partial charge is 0.471 e. The molecule has 10 heteroatoms. The zero-order valence-electron chi connectivity index (χ0n) is 20.0. The molecule has 3 atom stereocenters. The van der Waals surface area contributed by atoms with Gasteiger partial charge in [0, 0.05) is 50.0 Å². The number of aliphatic hydroxyl groups is 1. The Labute approximate surface area is 207 Å². The summed E-state index contributed by atoms with van der Waals surface area (Å²) in [6.07, 6.45) is 8.01. The van der Waals surface area contributed by atoms with E-state index in [2.05, 4.69) is 20.7 Å². The van der Waals surface area contributed by atoms with Crippen molar-refractivity contribution in [3.05, 3.63) is 71.7 Å². The van der Waals surface area contributed by atoms with Crippen molar-refractivity contribution in [1.82, 2.24) is 25.4 Å². The molecule has 1 aromatic carbocycles. The molecule has 2 aromatic heterocycles. The van der Waals surface area contributed by atoms with Gasteiger partial charge >= 0.3 is 0 Å². The van der Waals surface area contributed by atoms with Crippen LogP contribution in [0, 0.1) is 11.6 Å². The summed E-state index contributed by atoms with van der Waals surface area (Å²) >= 11 is 0. The number of nitrogens with zero attached hydrogens (tertiary/aromatic N) is 3. The maximum Gasteiger partial charge on any atom is 0.218 e. The summed E-state index contributed by atoms with van der Waals surface area (Å²) in [7, 11) is 0. The van der Waals surface area contributed by atoms with Crippen LogP contribution in [0.2, 0.25) is 0 Å². The van der Waals surface area contributed by atoms with Gasteiger partial charge in [-0.25, -0.2) is 18.4 Å². The lowest BCUT2D eigenvalue weighted by Gasteiger charge is -2.47. The first-order valence-electron chi connectivity index (χ1n) is 12.1. The van der Waals surface area contributed by atoms with Crippen LogP contribution in [0.25, 0.3) is 5.69 Å². The topological polar surface area (TPSA) is 101 Å². The minimum atomic E-state index is -1.01. The standard InChI is InChI=1S/C26H29F2N5O3/c1-16(34)32-22(10-17-8-18(27)11-19(28)9-17)24(35)15-29-23-13-26(4-2-5-26)36-25-21(23)12-20(14-30-25)33-7-3-6-31-33/h3,6-9,11-12,14,22-24,29,35H,2,4-5,10,13,15H2,1H3,(H,32,34)/t22-,23-,24+/m0/s1. The highest BCUT2D eigenvalue weighted by Gasteiger charge is 2.46. The van der Waals surface area contributed by atoms with Gasteiger partial charge in [-0.3, -0.25) is 4.79 Å². The molecule has 3 N–H and O–H groups in total. The van der Waals surface area contributed by atoms with Crippen molar-refractivity contribution < 1.29 is 23.4 Å². The number of fused-ring (bicyclic) bond motifs is 1. The minimum Gasteiger partial charge on any atom is -0.471 e. The van der Waals surface area contributed by atoms with Crippen LogP contribution in [0.3, 0.4) is 0 Å². The molecular weight excluding hydrogens is 468 g/mol. The van der Waals surface area contributed by atoms with Crippen molar-refractivity contribution in [2.75, 3.05) is 6.54 Å². The van der Waals surface area contributed by atoms with Crippen LogP contribution in [0.15, 0.2) is 48.9 Å². The Morgan fingerprint density at radius 3 is 2.69 bits per heavy atom. The molecule has 0 radical (unpaired) electrons. The Morgan fingerprint density at radius 2 is 2.06 bits per heavy atom. The summed E-state index contributed by atoms with van der Waals surface area (Å²) in [6.45, 7) is 1.49. The predicted molar refractivity (Wildman–Crippen MR) is 128 cm³/mol. The van der Waals surface area contributed by atoms with E-state index in [1.807, 2.05) is 18.3 Å².